The van der Waals surface area contributed by atoms with Crippen LogP contribution in [0.25, 0.3) is 0 Å². The Bertz CT molecular complexity index is 418. The van der Waals surface area contributed by atoms with Gasteiger partial charge in [-0.3, -0.25) is 0 Å². The smallest absolute Gasteiger partial charge is 0.231 e. The highest BCUT2D eigenvalue weighted by Gasteiger charge is 2.22. The van der Waals surface area contributed by atoms with Crippen LogP contribution in [0.1, 0.15) is 24.4 Å². The summed E-state index contributed by atoms with van der Waals surface area (Å²) in [4.78, 5) is 0. The van der Waals surface area contributed by atoms with E-state index < -0.39 is 0 Å². The van der Waals surface area contributed by atoms with E-state index in [0.29, 0.717) is 13.4 Å². The van der Waals surface area contributed by atoms with Gasteiger partial charge in [0.05, 0.1) is 12.6 Å². The van der Waals surface area contributed by atoms with Crippen LogP contribution in [-0.4, -0.2) is 27.1 Å². The number of nitrogens with one attached hydrogen (secondary N) is 1. The molecule has 0 aromatic heterocycles. The van der Waals surface area contributed by atoms with E-state index in [1.807, 2.05) is 19.2 Å². The summed E-state index contributed by atoms with van der Waals surface area (Å²) in [5.74, 6) is 2.46. The molecule has 1 aliphatic carbocycles. The van der Waals surface area contributed by atoms with Crippen LogP contribution >= 0.6 is 0 Å². The highest BCUT2D eigenvalue weighted by Crippen LogP contribution is 2.34. The molecule has 3 rings (SSSR count). The van der Waals surface area contributed by atoms with Crippen LogP contribution in [0.4, 0.5) is 0 Å². The van der Waals surface area contributed by atoms with E-state index in [1.165, 1.54) is 18.4 Å². The van der Waals surface area contributed by atoms with Gasteiger partial charge in [0.2, 0.25) is 6.79 Å². The summed E-state index contributed by atoms with van der Waals surface area (Å²) in [5, 5.41) is 3.28. The fourth-order valence-electron chi connectivity index (χ4n) is 2.11. The van der Waals surface area contributed by atoms with Crippen molar-refractivity contribution in [2.45, 2.75) is 18.9 Å². The molecule has 0 bridgehead atoms. The number of rotatable bonds is 6. The lowest BCUT2D eigenvalue weighted by Crippen LogP contribution is -2.22. The molecule has 1 fully saturated rings. The van der Waals surface area contributed by atoms with Crippen molar-refractivity contribution < 1.29 is 14.2 Å². The number of hydrogen-bond acceptors (Lipinski definition) is 4. The molecule has 1 N–H and O–H groups in total. The predicted octanol–water partition coefficient (Wildman–Crippen LogP) is 2.10. The summed E-state index contributed by atoms with van der Waals surface area (Å²) < 4.78 is 16.5. The fourth-order valence-corrected chi connectivity index (χ4v) is 2.11. The topological polar surface area (TPSA) is 39.7 Å². The Morgan fingerprint density at radius 2 is 2.17 bits per heavy atom. The van der Waals surface area contributed by atoms with Crippen molar-refractivity contribution in [3.05, 3.63) is 23.8 Å². The molecular formula is C14H19NO3. The molecule has 4 nitrogen and oxygen atoms in total. The first-order valence-corrected chi connectivity index (χ1v) is 6.51. The molecule has 0 saturated heterocycles. The van der Waals surface area contributed by atoms with Crippen molar-refractivity contribution in [1.29, 1.82) is 0 Å². The van der Waals surface area contributed by atoms with Crippen molar-refractivity contribution >= 4 is 0 Å². The van der Waals surface area contributed by atoms with E-state index in [-0.39, 0.29) is 6.04 Å². The van der Waals surface area contributed by atoms with Crippen molar-refractivity contribution in [3.8, 4) is 11.5 Å². The summed E-state index contributed by atoms with van der Waals surface area (Å²) in [6.07, 6.45) is 2.66. The summed E-state index contributed by atoms with van der Waals surface area (Å²) in [6.45, 7) is 1.91. The highest BCUT2D eigenvalue weighted by atomic mass is 16.7. The summed E-state index contributed by atoms with van der Waals surface area (Å²) in [7, 11) is 1.95. The average Bonchev–Trinajstić information content (AvgIpc) is 3.10. The Labute approximate surface area is 107 Å². The maximum atomic E-state index is 5.75. The minimum absolute atomic E-state index is 0.207. The van der Waals surface area contributed by atoms with E-state index in [4.69, 9.17) is 14.2 Å². The maximum Gasteiger partial charge on any atom is 0.231 e. The van der Waals surface area contributed by atoms with Gasteiger partial charge in [0.25, 0.3) is 0 Å². The van der Waals surface area contributed by atoms with Crippen molar-refractivity contribution in [2.24, 2.45) is 5.92 Å². The monoisotopic (exact) mass is 249 g/mol. The number of hydrogen-bond donors (Lipinski definition) is 1. The zero-order valence-corrected chi connectivity index (χ0v) is 10.6. The average molecular weight is 249 g/mol. The van der Waals surface area contributed by atoms with E-state index in [0.717, 1.165) is 24.0 Å². The van der Waals surface area contributed by atoms with Crippen LogP contribution in [0.2, 0.25) is 0 Å². The molecule has 1 unspecified atom stereocenters. The van der Waals surface area contributed by atoms with Crippen molar-refractivity contribution in [1.82, 2.24) is 5.32 Å². The van der Waals surface area contributed by atoms with Gasteiger partial charge >= 0.3 is 0 Å². The molecule has 1 aromatic rings. The Balaban J connectivity index is 1.62. The SMILES string of the molecule is CNC(COCC1CC1)c1ccc2c(c1)OCO2. The number of fused-ring (bicyclic) bond motifs is 1. The second-order valence-corrected chi connectivity index (χ2v) is 4.93. The van der Waals surface area contributed by atoms with Gasteiger partial charge in [-0.2, -0.15) is 0 Å². The van der Waals surface area contributed by atoms with Gasteiger partial charge in [-0.25, -0.2) is 0 Å². The Kier molecular flexibility index (Phi) is 3.39. The molecule has 4 heteroatoms. The molecule has 1 heterocycles. The first-order chi connectivity index (χ1) is 8.86. The summed E-state index contributed by atoms with van der Waals surface area (Å²) in [5.41, 5.74) is 1.18. The van der Waals surface area contributed by atoms with Gasteiger partial charge in [0.15, 0.2) is 11.5 Å². The normalized spacial score (nSPS) is 18.9. The molecule has 1 aromatic carbocycles. The Morgan fingerprint density at radius 3 is 2.94 bits per heavy atom. The molecule has 98 valence electrons. The lowest BCUT2D eigenvalue weighted by Gasteiger charge is -2.17. The van der Waals surface area contributed by atoms with Gasteiger partial charge in [0, 0.05) is 6.61 Å². The number of likely N-dealkylation sites (N-methyl/N-ethyl adjacent to an activating group) is 1. The predicted molar refractivity (Wildman–Crippen MR) is 67.9 cm³/mol. The molecule has 2 aliphatic rings. The maximum absolute atomic E-state index is 5.75. The third-order valence-corrected chi connectivity index (χ3v) is 3.48. The lowest BCUT2D eigenvalue weighted by atomic mass is 10.1. The van der Waals surface area contributed by atoms with E-state index >= 15 is 0 Å². The third-order valence-electron chi connectivity index (χ3n) is 3.48. The van der Waals surface area contributed by atoms with Crippen molar-refractivity contribution in [2.75, 3.05) is 27.1 Å². The van der Waals surface area contributed by atoms with Gasteiger partial charge in [-0.15, -0.1) is 0 Å². The van der Waals surface area contributed by atoms with E-state index in [2.05, 4.69) is 11.4 Å². The molecule has 18 heavy (non-hydrogen) atoms. The zero-order valence-electron chi connectivity index (χ0n) is 10.6. The van der Waals surface area contributed by atoms with Crippen LogP contribution in [0, 0.1) is 5.92 Å². The number of benzene rings is 1. The Hall–Kier alpha value is -1.26. The van der Waals surface area contributed by atoms with Gasteiger partial charge < -0.3 is 19.5 Å². The van der Waals surface area contributed by atoms with Crippen molar-refractivity contribution in [3.63, 3.8) is 0 Å². The molecular weight excluding hydrogens is 230 g/mol. The Morgan fingerprint density at radius 1 is 1.33 bits per heavy atom. The second-order valence-electron chi connectivity index (χ2n) is 4.93. The van der Waals surface area contributed by atoms with Crippen LogP contribution < -0.4 is 14.8 Å². The second kappa shape index (κ2) is 5.16. The van der Waals surface area contributed by atoms with E-state index in [9.17, 15) is 0 Å². The molecule has 1 saturated carbocycles. The van der Waals surface area contributed by atoms with Gasteiger partial charge in [-0.1, -0.05) is 6.07 Å². The molecule has 1 aliphatic heterocycles. The largest absolute Gasteiger partial charge is 0.454 e. The molecule has 0 spiro atoms. The van der Waals surface area contributed by atoms with Crippen LogP contribution in [-0.2, 0) is 4.74 Å². The van der Waals surface area contributed by atoms with Gasteiger partial charge in [0.1, 0.15) is 0 Å². The number of ether oxygens (including phenoxy) is 3. The first-order valence-electron chi connectivity index (χ1n) is 6.51. The van der Waals surface area contributed by atoms with Crippen LogP contribution in [0.5, 0.6) is 11.5 Å². The minimum atomic E-state index is 0.207. The first kappa shape index (κ1) is 11.8. The van der Waals surface area contributed by atoms with Crippen LogP contribution in [0.3, 0.4) is 0 Å². The fraction of sp³-hybridized carbons (Fsp3) is 0.571. The highest BCUT2D eigenvalue weighted by molar-refractivity contribution is 5.45. The summed E-state index contributed by atoms with van der Waals surface area (Å²) in [6, 6.07) is 6.26. The van der Waals surface area contributed by atoms with E-state index in [1.54, 1.807) is 0 Å². The molecule has 1 atom stereocenters. The lowest BCUT2D eigenvalue weighted by molar-refractivity contribution is 0.105. The summed E-state index contributed by atoms with van der Waals surface area (Å²) >= 11 is 0. The van der Waals surface area contributed by atoms with Gasteiger partial charge in [-0.05, 0) is 43.5 Å². The van der Waals surface area contributed by atoms with Crippen LogP contribution in [0.15, 0.2) is 18.2 Å². The minimum Gasteiger partial charge on any atom is -0.454 e. The third kappa shape index (κ3) is 2.60. The zero-order chi connectivity index (χ0) is 12.4. The quantitative estimate of drug-likeness (QED) is 0.838. The standard InChI is InChI=1S/C14H19NO3/c1-15-12(8-16-7-10-2-3-10)11-4-5-13-14(6-11)18-9-17-13/h4-6,10,12,15H,2-3,7-9H2,1H3. The molecule has 0 amide bonds. The molecule has 0 radical (unpaired) electrons.